The number of para-hydroxylation sites is 1. The molecule has 0 saturated heterocycles. The molecule has 15 heavy (non-hydrogen) atoms. The average molecular weight is 336 g/mol. The maximum atomic E-state index is 11.1. The van der Waals surface area contributed by atoms with E-state index >= 15 is 0 Å². The topological polar surface area (TPSA) is 73.8 Å². The number of hydrogen-bond acceptors (Lipinski definition) is 4. The van der Waals surface area contributed by atoms with Gasteiger partial charge in [-0.1, -0.05) is 30.0 Å². The second kappa shape index (κ2) is 8.63. The Morgan fingerprint density at radius 3 is 2.53 bits per heavy atom. The van der Waals surface area contributed by atoms with Gasteiger partial charge < -0.3 is 23.5 Å². The van der Waals surface area contributed by atoms with Crippen LogP contribution in [0.15, 0.2) is 34.5 Å². The molecule has 0 spiro atoms. The molecule has 0 amide bonds. The molecule has 0 saturated carbocycles. The van der Waals surface area contributed by atoms with E-state index in [1.165, 1.54) is 12.3 Å². The smallest absolute Gasteiger partial charge is 0.872 e. The van der Waals surface area contributed by atoms with E-state index in [2.05, 4.69) is 22.8 Å². The molecule has 0 fully saturated rings. The number of hydrogen-bond donors (Lipinski definition) is 1. The van der Waals surface area contributed by atoms with Crippen molar-refractivity contribution in [1.29, 1.82) is 0 Å². The fraction of sp³-hybridized carbons (Fsp3) is 0. The van der Waals surface area contributed by atoms with Gasteiger partial charge in [-0.05, 0) is 10.7 Å². The summed E-state index contributed by atoms with van der Waals surface area (Å²) < 4.78 is 0. The van der Waals surface area contributed by atoms with E-state index in [0.717, 1.165) is 0 Å². The molecular formula is C8H8ClN3OPdS. The maximum absolute atomic E-state index is 11.1. The van der Waals surface area contributed by atoms with Gasteiger partial charge in [0.2, 0.25) is 0 Å². The van der Waals surface area contributed by atoms with Crippen molar-refractivity contribution in [3.05, 3.63) is 29.8 Å². The summed E-state index contributed by atoms with van der Waals surface area (Å²) >= 11 is 4.46. The van der Waals surface area contributed by atoms with Crippen molar-refractivity contribution in [2.24, 2.45) is 15.9 Å². The molecule has 2 N–H and O–H groups in total. The molecule has 1 aromatic rings. The van der Waals surface area contributed by atoms with Gasteiger partial charge in [0.15, 0.2) is 0 Å². The van der Waals surface area contributed by atoms with Crippen molar-refractivity contribution in [3.63, 3.8) is 0 Å². The first-order valence-electron chi connectivity index (χ1n) is 3.49. The summed E-state index contributed by atoms with van der Waals surface area (Å²) in [6, 6.07) is 6.48. The monoisotopic (exact) mass is 335 g/mol. The first kappa shape index (κ1) is 16.8. The number of nitrogens with two attached hydrogens (primary N) is 1. The SMILES string of the molecule is Cl.N/C([S-])=N\N=C\c1ccccc1[O-].[Pd+2]. The Hall–Kier alpha value is -0.668. The largest absolute Gasteiger partial charge is 2.00 e. The van der Waals surface area contributed by atoms with Crippen LogP contribution in [0, 0.1) is 0 Å². The van der Waals surface area contributed by atoms with Crippen molar-refractivity contribution in [2.75, 3.05) is 0 Å². The molecule has 0 heterocycles. The van der Waals surface area contributed by atoms with Gasteiger partial charge in [0, 0.05) is 0 Å². The van der Waals surface area contributed by atoms with Gasteiger partial charge in [-0.3, -0.25) is 0 Å². The molecule has 0 radical (unpaired) electrons. The fourth-order valence-corrected chi connectivity index (χ4v) is 0.782. The Balaban J connectivity index is 0. The summed E-state index contributed by atoms with van der Waals surface area (Å²) in [5.41, 5.74) is 5.53. The van der Waals surface area contributed by atoms with E-state index in [9.17, 15) is 5.11 Å². The van der Waals surface area contributed by atoms with E-state index < -0.39 is 0 Å². The summed E-state index contributed by atoms with van der Waals surface area (Å²) in [7, 11) is 0. The quantitative estimate of drug-likeness (QED) is 0.279. The van der Waals surface area contributed by atoms with E-state index in [-0.39, 0.29) is 43.7 Å². The van der Waals surface area contributed by atoms with Crippen LogP contribution in [0.3, 0.4) is 0 Å². The van der Waals surface area contributed by atoms with E-state index in [1.54, 1.807) is 18.2 Å². The molecule has 0 aromatic heterocycles. The minimum atomic E-state index is -0.107. The zero-order valence-corrected chi connectivity index (χ0v) is 10.6. The van der Waals surface area contributed by atoms with E-state index in [0.29, 0.717) is 5.56 Å². The summed E-state index contributed by atoms with van der Waals surface area (Å²) in [5.74, 6) is -0.107. The predicted octanol–water partition coefficient (Wildman–Crippen LogP) is 0.375. The first-order valence-corrected chi connectivity index (χ1v) is 3.90. The Morgan fingerprint density at radius 2 is 2.00 bits per heavy atom. The van der Waals surface area contributed by atoms with Crippen molar-refractivity contribution in [1.82, 2.24) is 0 Å². The molecule has 0 atom stereocenters. The molecule has 0 aliphatic carbocycles. The first-order chi connectivity index (χ1) is 6.20. The fourth-order valence-electron chi connectivity index (χ4n) is 0.735. The van der Waals surface area contributed by atoms with Gasteiger partial charge >= 0.3 is 20.4 Å². The van der Waals surface area contributed by atoms with Crippen LogP contribution in [0.25, 0.3) is 0 Å². The normalized spacial score (nSPS) is 10.5. The van der Waals surface area contributed by atoms with Crippen LogP contribution in [-0.4, -0.2) is 11.4 Å². The number of benzene rings is 1. The standard InChI is InChI=1S/C8H9N3OS.ClH.Pd/c9-8(13)11-10-5-6-3-1-2-4-7(6)12;;/h1-5,12H,(H3,9,11,13);1H;/q;;+2/p-2/b10-5+;;. The van der Waals surface area contributed by atoms with Crippen molar-refractivity contribution >= 4 is 36.4 Å². The van der Waals surface area contributed by atoms with Gasteiger partial charge in [-0.15, -0.1) is 12.4 Å². The van der Waals surface area contributed by atoms with Crippen LogP contribution in [0.5, 0.6) is 5.75 Å². The Bertz CT molecular complexity index is 355. The van der Waals surface area contributed by atoms with Gasteiger partial charge in [0.25, 0.3) is 0 Å². The molecule has 0 aliphatic rings. The number of nitrogens with zero attached hydrogens (tertiary/aromatic N) is 2. The Kier molecular flexibility index (Phi) is 9.63. The zero-order valence-electron chi connectivity index (χ0n) is 7.40. The molecule has 0 bridgehead atoms. The van der Waals surface area contributed by atoms with Gasteiger partial charge in [-0.25, -0.2) is 0 Å². The van der Waals surface area contributed by atoms with Crippen molar-refractivity contribution in [3.8, 4) is 5.75 Å². The van der Waals surface area contributed by atoms with Crippen LogP contribution in [0.1, 0.15) is 5.56 Å². The summed E-state index contributed by atoms with van der Waals surface area (Å²) in [4.78, 5) is 0. The zero-order chi connectivity index (χ0) is 9.68. The van der Waals surface area contributed by atoms with Crippen LogP contribution >= 0.6 is 12.4 Å². The Morgan fingerprint density at radius 1 is 1.40 bits per heavy atom. The van der Waals surface area contributed by atoms with Gasteiger partial charge in [0.1, 0.15) is 0 Å². The maximum Gasteiger partial charge on any atom is 2.00 e. The van der Waals surface area contributed by atoms with Crippen molar-refractivity contribution in [2.45, 2.75) is 0 Å². The summed E-state index contributed by atoms with van der Waals surface area (Å²) in [6.07, 6.45) is 1.32. The van der Waals surface area contributed by atoms with Crippen LogP contribution < -0.4 is 10.8 Å². The van der Waals surface area contributed by atoms with Crippen LogP contribution in [-0.2, 0) is 33.1 Å². The second-order valence-electron chi connectivity index (χ2n) is 2.22. The van der Waals surface area contributed by atoms with Crippen LogP contribution in [0.2, 0.25) is 0 Å². The Labute approximate surface area is 113 Å². The third kappa shape index (κ3) is 6.42. The summed E-state index contributed by atoms with van der Waals surface area (Å²) in [5, 5.41) is 18.0. The average Bonchev–Trinajstić information content (AvgIpc) is 2.08. The van der Waals surface area contributed by atoms with Gasteiger partial charge in [0.05, 0.1) is 6.21 Å². The van der Waals surface area contributed by atoms with E-state index in [1.807, 2.05) is 0 Å². The minimum Gasteiger partial charge on any atom is -0.872 e. The van der Waals surface area contributed by atoms with Crippen molar-refractivity contribution < 1.29 is 25.5 Å². The molecule has 7 heteroatoms. The molecule has 1 rings (SSSR count). The number of amidine groups is 1. The molecule has 0 aliphatic heterocycles. The third-order valence-corrected chi connectivity index (χ3v) is 1.35. The molecule has 84 valence electrons. The summed E-state index contributed by atoms with van der Waals surface area (Å²) in [6.45, 7) is 0. The third-order valence-electron chi connectivity index (χ3n) is 1.27. The molecule has 0 unspecified atom stereocenters. The molecule has 4 nitrogen and oxygen atoms in total. The van der Waals surface area contributed by atoms with Crippen LogP contribution in [0.4, 0.5) is 0 Å². The number of rotatable bonds is 2. The van der Waals surface area contributed by atoms with E-state index in [4.69, 9.17) is 5.73 Å². The second-order valence-corrected chi connectivity index (χ2v) is 2.64. The predicted molar refractivity (Wildman–Crippen MR) is 59.7 cm³/mol. The van der Waals surface area contributed by atoms with Gasteiger partial charge in [-0.2, -0.15) is 10.2 Å². The number of halogens is 1. The molecule has 1 aromatic carbocycles. The minimum absolute atomic E-state index is 0. The molecular weight excluding hydrogens is 328 g/mol.